The van der Waals surface area contributed by atoms with Gasteiger partial charge in [-0.05, 0) is 11.5 Å². The summed E-state index contributed by atoms with van der Waals surface area (Å²) in [7, 11) is 0. The predicted octanol–water partition coefficient (Wildman–Crippen LogP) is 1.92. The van der Waals surface area contributed by atoms with E-state index in [-0.39, 0.29) is 0 Å². The Labute approximate surface area is 62.3 Å². The number of hydrogen-bond donors (Lipinski definition) is 1. The van der Waals surface area contributed by atoms with Crippen molar-refractivity contribution in [1.29, 1.82) is 0 Å². The van der Waals surface area contributed by atoms with E-state index in [0.29, 0.717) is 5.92 Å². The summed E-state index contributed by atoms with van der Waals surface area (Å²) in [6.07, 6.45) is 3.22. The minimum absolute atomic E-state index is 0.454. The van der Waals surface area contributed by atoms with Crippen molar-refractivity contribution in [3.63, 3.8) is 0 Å². The molecule has 0 aliphatic carbocycles. The van der Waals surface area contributed by atoms with E-state index in [1.807, 2.05) is 0 Å². The predicted molar refractivity (Wildman–Crippen MR) is 45.8 cm³/mol. The topological polar surface area (TPSA) is 24.4 Å². The van der Waals surface area contributed by atoms with Gasteiger partial charge in [0.15, 0.2) is 0 Å². The van der Waals surface area contributed by atoms with Crippen LogP contribution in [0, 0.1) is 5.92 Å². The summed E-state index contributed by atoms with van der Waals surface area (Å²) in [6, 6.07) is 0. The molecule has 0 heterocycles. The molecule has 0 unspecified atom stereocenters. The van der Waals surface area contributed by atoms with Gasteiger partial charge in [-0.3, -0.25) is 5.43 Å². The molecule has 0 radical (unpaired) electrons. The second kappa shape index (κ2) is 4.79. The first kappa shape index (κ1) is 8.95. The average molecular weight is 138 g/mol. The first-order valence-corrected chi connectivity index (χ1v) is 3.26. The Bertz CT molecular complexity index is 145. The van der Waals surface area contributed by atoms with Crippen LogP contribution in [0.1, 0.15) is 13.8 Å². The second-order valence-corrected chi connectivity index (χ2v) is 2.32. The molecule has 0 aromatic rings. The summed E-state index contributed by atoms with van der Waals surface area (Å²) < 4.78 is 0. The highest BCUT2D eigenvalue weighted by atomic mass is 15.3. The van der Waals surface area contributed by atoms with Crippen molar-refractivity contribution in [2.75, 3.05) is 0 Å². The van der Waals surface area contributed by atoms with Crippen molar-refractivity contribution < 1.29 is 0 Å². The maximum absolute atomic E-state index is 3.82. The first-order valence-electron chi connectivity index (χ1n) is 3.26. The lowest BCUT2D eigenvalue weighted by Gasteiger charge is -2.00. The summed E-state index contributed by atoms with van der Waals surface area (Å²) in [5.74, 6) is 0.454. The molecule has 0 fully saturated rings. The standard InChI is InChI=1S/C8H14N2/c1-5-9-10-6-8(4)7(2)3/h5-7,9H,1,4H2,2-3H3/b10-6-. The molecule has 0 aromatic heterocycles. The van der Waals surface area contributed by atoms with Gasteiger partial charge in [-0.2, -0.15) is 5.10 Å². The number of nitrogens with one attached hydrogen (secondary N) is 1. The fraction of sp³-hybridized carbons (Fsp3) is 0.375. The number of hydrazone groups is 1. The normalized spacial score (nSPS) is 10.3. The molecule has 56 valence electrons. The Morgan fingerprint density at radius 3 is 2.60 bits per heavy atom. The highest BCUT2D eigenvalue weighted by Crippen LogP contribution is 2.01. The summed E-state index contributed by atoms with van der Waals surface area (Å²) in [5.41, 5.74) is 3.62. The Morgan fingerprint density at radius 2 is 2.20 bits per heavy atom. The molecular weight excluding hydrogens is 124 g/mol. The molecule has 0 atom stereocenters. The molecule has 0 aliphatic heterocycles. The van der Waals surface area contributed by atoms with Gasteiger partial charge >= 0.3 is 0 Å². The van der Waals surface area contributed by atoms with Crippen molar-refractivity contribution in [2.24, 2.45) is 11.0 Å². The fourth-order valence-corrected chi connectivity index (χ4v) is 0.322. The van der Waals surface area contributed by atoms with Gasteiger partial charge in [0, 0.05) is 6.20 Å². The van der Waals surface area contributed by atoms with Crippen LogP contribution in [0.3, 0.4) is 0 Å². The van der Waals surface area contributed by atoms with E-state index in [1.165, 1.54) is 6.20 Å². The van der Waals surface area contributed by atoms with Crippen molar-refractivity contribution in [2.45, 2.75) is 13.8 Å². The zero-order valence-electron chi connectivity index (χ0n) is 6.59. The summed E-state index contributed by atoms with van der Waals surface area (Å²) in [5, 5.41) is 3.82. The molecule has 0 bridgehead atoms. The molecule has 2 heteroatoms. The van der Waals surface area contributed by atoms with Crippen LogP contribution in [-0.4, -0.2) is 6.21 Å². The minimum Gasteiger partial charge on any atom is -0.286 e. The molecule has 0 aromatic carbocycles. The lowest BCUT2D eigenvalue weighted by molar-refractivity contribution is 0.806. The third kappa shape index (κ3) is 3.89. The number of rotatable bonds is 4. The molecule has 1 N–H and O–H groups in total. The monoisotopic (exact) mass is 138 g/mol. The van der Waals surface area contributed by atoms with Gasteiger partial charge in [-0.1, -0.05) is 27.0 Å². The Morgan fingerprint density at radius 1 is 1.60 bits per heavy atom. The SMILES string of the molecule is C=CN/N=C\C(=C)C(C)C. The van der Waals surface area contributed by atoms with E-state index in [9.17, 15) is 0 Å². The van der Waals surface area contributed by atoms with E-state index in [2.05, 4.69) is 37.5 Å². The lowest BCUT2D eigenvalue weighted by atomic mass is 10.1. The molecule has 0 rings (SSSR count). The van der Waals surface area contributed by atoms with Crippen molar-refractivity contribution in [3.8, 4) is 0 Å². The maximum Gasteiger partial charge on any atom is 0.0500 e. The van der Waals surface area contributed by atoms with Crippen molar-refractivity contribution in [1.82, 2.24) is 5.43 Å². The summed E-state index contributed by atoms with van der Waals surface area (Å²) in [4.78, 5) is 0. The molecular formula is C8H14N2. The first-order chi connectivity index (χ1) is 4.68. The quantitative estimate of drug-likeness (QED) is 0.466. The van der Waals surface area contributed by atoms with Gasteiger partial charge in [0.05, 0.1) is 6.21 Å². The number of allylic oxidation sites excluding steroid dienone is 1. The van der Waals surface area contributed by atoms with E-state index in [0.717, 1.165) is 5.57 Å². The molecule has 0 saturated heterocycles. The third-order valence-electron chi connectivity index (χ3n) is 1.14. The van der Waals surface area contributed by atoms with E-state index < -0.39 is 0 Å². The van der Waals surface area contributed by atoms with Crippen LogP contribution < -0.4 is 5.43 Å². The molecule has 2 nitrogen and oxygen atoms in total. The maximum atomic E-state index is 3.82. The van der Waals surface area contributed by atoms with Crippen LogP contribution in [0.5, 0.6) is 0 Å². The fourth-order valence-electron chi connectivity index (χ4n) is 0.322. The molecule has 0 amide bonds. The van der Waals surface area contributed by atoms with Crippen LogP contribution in [-0.2, 0) is 0 Å². The van der Waals surface area contributed by atoms with Crippen LogP contribution in [0.4, 0.5) is 0 Å². The number of hydrogen-bond acceptors (Lipinski definition) is 2. The van der Waals surface area contributed by atoms with E-state index in [4.69, 9.17) is 0 Å². The minimum atomic E-state index is 0.454. The lowest BCUT2D eigenvalue weighted by Crippen LogP contribution is -1.97. The van der Waals surface area contributed by atoms with Gasteiger partial charge in [0.2, 0.25) is 0 Å². The Kier molecular flexibility index (Phi) is 4.29. The highest BCUT2D eigenvalue weighted by molar-refractivity contribution is 5.77. The third-order valence-corrected chi connectivity index (χ3v) is 1.14. The van der Waals surface area contributed by atoms with Gasteiger partial charge in [-0.15, -0.1) is 0 Å². The largest absolute Gasteiger partial charge is 0.286 e. The Hall–Kier alpha value is -1.05. The molecule has 0 aliphatic rings. The smallest absolute Gasteiger partial charge is 0.0500 e. The Balaban J connectivity index is 3.66. The van der Waals surface area contributed by atoms with Crippen LogP contribution in [0.25, 0.3) is 0 Å². The average Bonchev–Trinajstić information content (AvgIpc) is 1.88. The van der Waals surface area contributed by atoms with Crippen LogP contribution >= 0.6 is 0 Å². The summed E-state index contributed by atoms with van der Waals surface area (Å²) in [6.45, 7) is 11.4. The highest BCUT2D eigenvalue weighted by Gasteiger charge is 1.93. The van der Waals surface area contributed by atoms with E-state index >= 15 is 0 Å². The van der Waals surface area contributed by atoms with Crippen LogP contribution in [0.15, 0.2) is 30.0 Å². The van der Waals surface area contributed by atoms with Crippen molar-refractivity contribution in [3.05, 3.63) is 24.9 Å². The van der Waals surface area contributed by atoms with Gasteiger partial charge in [0.1, 0.15) is 0 Å². The molecule has 0 spiro atoms. The zero-order valence-corrected chi connectivity index (χ0v) is 6.59. The van der Waals surface area contributed by atoms with Gasteiger partial charge in [-0.25, -0.2) is 0 Å². The summed E-state index contributed by atoms with van der Waals surface area (Å²) >= 11 is 0. The molecule has 10 heavy (non-hydrogen) atoms. The van der Waals surface area contributed by atoms with Crippen molar-refractivity contribution >= 4 is 6.21 Å². The number of nitrogens with zero attached hydrogens (tertiary/aromatic N) is 1. The van der Waals surface area contributed by atoms with Crippen LogP contribution in [0.2, 0.25) is 0 Å². The van der Waals surface area contributed by atoms with Gasteiger partial charge in [0.25, 0.3) is 0 Å². The zero-order chi connectivity index (χ0) is 7.98. The van der Waals surface area contributed by atoms with Gasteiger partial charge < -0.3 is 0 Å². The van der Waals surface area contributed by atoms with E-state index in [1.54, 1.807) is 6.21 Å². The second-order valence-electron chi connectivity index (χ2n) is 2.32. The molecule has 0 saturated carbocycles.